The molecule has 1 aromatic heterocycles. The van der Waals surface area contributed by atoms with Crippen molar-refractivity contribution in [2.75, 3.05) is 0 Å². The lowest BCUT2D eigenvalue weighted by atomic mass is 9.96. The van der Waals surface area contributed by atoms with Crippen LogP contribution in [0.25, 0.3) is 49.4 Å². The normalized spacial score (nSPS) is 11.4. The third-order valence-corrected chi connectivity index (χ3v) is 6.09. The molecule has 0 spiro atoms. The number of nitrogens with zero attached hydrogens (tertiary/aromatic N) is 2. The standard InChI is InChI=1S/C28H18N2O2/c31-30(32)28-17-16-20(18-25(28)22-13-7-9-19-8-1-2-10-21(19)22)29-26-14-5-3-11-23(26)24-12-4-6-15-27(24)29/h1-18H. The second kappa shape index (κ2) is 7.06. The highest BCUT2D eigenvalue weighted by molar-refractivity contribution is 6.09. The molecule has 0 bridgehead atoms. The Hall–Kier alpha value is -4.44. The summed E-state index contributed by atoms with van der Waals surface area (Å²) in [6, 6.07) is 35.9. The minimum Gasteiger partial charge on any atom is -0.309 e. The molecule has 0 amide bonds. The fourth-order valence-corrected chi connectivity index (χ4v) is 4.70. The van der Waals surface area contributed by atoms with Gasteiger partial charge in [-0.2, -0.15) is 0 Å². The predicted octanol–water partition coefficient (Wildman–Crippen LogP) is 7.51. The number of para-hydroxylation sites is 2. The van der Waals surface area contributed by atoms with E-state index in [9.17, 15) is 10.1 Å². The number of rotatable bonds is 3. The van der Waals surface area contributed by atoms with E-state index in [0.717, 1.165) is 43.8 Å². The molecule has 0 unspecified atom stereocenters. The number of hydrogen-bond acceptors (Lipinski definition) is 2. The van der Waals surface area contributed by atoms with Crippen LogP contribution in [0, 0.1) is 10.1 Å². The first kappa shape index (κ1) is 18.3. The van der Waals surface area contributed by atoms with Crippen molar-refractivity contribution in [1.82, 2.24) is 4.57 Å². The largest absolute Gasteiger partial charge is 0.309 e. The Kier molecular flexibility index (Phi) is 4.05. The molecule has 6 aromatic rings. The van der Waals surface area contributed by atoms with Crippen LogP contribution in [0.2, 0.25) is 0 Å². The quantitative estimate of drug-likeness (QED) is 0.222. The molecule has 4 nitrogen and oxygen atoms in total. The van der Waals surface area contributed by atoms with Gasteiger partial charge in [-0.05, 0) is 40.6 Å². The molecular weight excluding hydrogens is 396 g/mol. The van der Waals surface area contributed by atoms with Gasteiger partial charge in [0, 0.05) is 22.5 Å². The van der Waals surface area contributed by atoms with Crippen molar-refractivity contribution in [3.05, 3.63) is 119 Å². The van der Waals surface area contributed by atoms with E-state index in [1.54, 1.807) is 6.07 Å². The van der Waals surface area contributed by atoms with Crippen molar-refractivity contribution in [2.24, 2.45) is 0 Å². The molecule has 0 aliphatic carbocycles. The van der Waals surface area contributed by atoms with Crippen LogP contribution < -0.4 is 0 Å². The third-order valence-electron chi connectivity index (χ3n) is 6.09. The highest BCUT2D eigenvalue weighted by atomic mass is 16.6. The Balaban J connectivity index is 1.70. The summed E-state index contributed by atoms with van der Waals surface area (Å²) < 4.78 is 2.18. The molecule has 0 radical (unpaired) electrons. The van der Waals surface area contributed by atoms with Gasteiger partial charge in [0.15, 0.2) is 0 Å². The van der Waals surface area contributed by atoms with Crippen LogP contribution >= 0.6 is 0 Å². The monoisotopic (exact) mass is 414 g/mol. The van der Waals surface area contributed by atoms with Gasteiger partial charge in [-0.1, -0.05) is 78.9 Å². The number of hydrogen-bond donors (Lipinski definition) is 0. The van der Waals surface area contributed by atoms with Gasteiger partial charge >= 0.3 is 0 Å². The van der Waals surface area contributed by atoms with Crippen LogP contribution in [0.4, 0.5) is 5.69 Å². The topological polar surface area (TPSA) is 48.1 Å². The van der Waals surface area contributed by atoms with Crippen LogP contribution in [-0.2, 0) is 0 Å². The van der Waals surface area contributed by atoms with Gasteiger partial charge in [-0.25, -0.2) is 0 Å². The van der Waals surface area contributed by atoms with E-state index in [2.05, 4.69) is 28.8 Å². The lowest BCUT2D eigenvalue weighted by Crippen LogP contribution is -1.98. The van der Waals surface area contributed by atoms with Crippen molar-refractivity contribution >= 4 is 38.3 Å². The van der Waals surface area contributed by atoms with Gasteiger partial charge in [-0.3, -0.25) is 10.1 Å². The maximum absolute atomic E-state index is 12.0. The van der Waals surface area contributed by atoms with E-state index < -0.39 is 0 Å². The van der Waals surface area contributed by atoms with E-state index >= 15 is 0 Å². The highest BCUT2D eigenvalue weighted by Crippen LogP contribution is 2.38. The zero-order chi connectivity index (χ0) is 21.7. The summed E-state index contributed by atoms with van der Waals surface area (Å²) in [6.07, 6.45) is 0. The van der Waals surface area contributed by atoms with Gasteiger partial charge in [-0.15, -0.1) is 0 Å². The van der Waals surface area contributed by atoms with Gasteiger partial charge in [0.25, 0.3) is 5.69 Å². The van der Waals surface area contributed by atoms with Crippen LogP contribution in [0.15, 0.2) is 109 Å². The molecular formula is C28H18N2O2. The average molecular weight is 414 g/mol. The molecule has 0 aliphatic heterocycles. The van der Waals surface area contributed by atoms with Crippen molar-refractivity contribution in [2.45, 2.75) is 0 Å². The Morgan fingerprint density at radius 1 is 0.594 bits per heavy atom. The molecule has 0 saturated carbocycles. The molecule has 1 heterocycles. The summed E-state index contributed by atoms with van der Waals surface area (Å²) in [5.74, 6) is 0. The summed E-state index contributed by atoms with van der Waals surface area (Å²) in [5, 5.41) is 16.3. The van der Waals surface area contributed by atoms with E-state index in [1.807, 2.05) is 78.9 Å². The molecule has 0 N–H and O–H groups in total. The van der Waals surface area contributed by atoms with Crippen LogP contribution in [0.1, 0.15) is 0 Å². The summed E-state index contributed by atoms with van der Waals surface area (Å²) in [4.78, 5) is 11.7. The van der Waals surface area contributed by atoms with Gasteiger partial charge in [0.05, 0.1) is 21.5 Å². The minimum absolute atomic E-state index is 0.103. The average Bonchev–Trinajstić information content (AvgIpc) is 3.18. The summed E-state index contributed by atoms with van der Waals surface area (Å²) in [5.41, 5.74) is 4.63. The van der Waals surface area contributed by atoms with E-state index in [0.29, 0.717) is 5.56 Å². The summed E-state index contributed by atoms with van der Waals surface area (Å²) in [6.45, 7) is 0. The molecule has 0 saturated heterocycles. The van der Waals surface area contributed by atoms with Crippen molar-refractivity contribution in [3.63, 3.8) is 0 Å². The second-order valence-corrected chi connectivity index (χ2v) is 7.85. The van der Waals surface area contributed by atoms with E-state index in [4.69, 9.17) is 0 Å². The van der Waals surface area contributed by atoms with Crippen LogP contribution in [-0.4, -0.2) is 9.49 Å². The number of aromatic nitrogens is 1. The molecule has 32 heavy (non-hydrogen) atoms. The zero-order valence-electron chi connectivity index (χ0n) is 17.1. The van der Waals surface area contributed by atoms with E-state index in [-0.39, 0.29) is 10.6 Å². The maximum atomic E-state index is 12.0. The lowest BCUT2D eigenvalue weighted by molar-refractivity contribution is -0.384. The zero-order valence-corrected chi connectivity index (χ0v) is 17.1. The Labute approximate surface area is 184 Å². The lowest BCUT2D eigenvalue weighted by Gasteiger charge is -2.12. The number of nitro groups is 1. The van der Waals surface area contributed by atoms with Gasteiger partial charge < -0.3 is 4.57 Å². The van der Waals surface area contributed by atoms with Crippen molar-refractivity contribution in [3.8, 4) is 16.8 Å². The van der Waals surface area contributed by atoms with E-state index in [1.165, 1.54) is 0 Å². The van der Waals surface area contributed by atoms with Crippen LogP contribution in [0.3, 0.4) is 0 Å². The predicted molar refractivity (Wildman–Crippen MR) is 130 cm³/mol. The SMILES string of the molecule is O=[N+]([O-])c1ccc(-n2c3ccccc3c3ccccc32)cc1-c1cccc2ccccc12. The number of fused-ring (bicyclic) bond motifs is 4. The van der Waals surface area contributed by atoms with Gasteiger partial charge in [0.2, 0.25) is 0 Å². The maximum Gasteiger partial charge on any atom is 0.277 e. The fourth-order valence-electron chi connectivity index (χ4n) is 4.70. The van der Waals surface area contributed by atoms with Crippen molar-refractivity contribution < 1.29 is 4.92 Å². The third kappa shape index (κ3) is 2.70. The van der Waals surface area contributed by atoms with Crippen molar-refractivity contribution in [1.29, 1.82) is 0 Å². The number of benzene rings is 5. The van der Waals surface area contributed by atoms with Gasteiger partial charge in [0.1, 0.15) is 0 Å². The molecule has 0 aliphatic rings. The first-order valence-corrected chi connectivity index (χ1v) is 10.5. The fraction of sp³-hybridized carbons (Fsp3) is 0. The Morgan fingerprint density at radius 3 is 1.88 bits per heavy atom. The summed E-state index contributed by atoms with van der Waals surface area (Å²) in [7, 11) is 0. The molecule has 4 heteroatoms. The first-order valence-electron chi connectivity index (χ1n) is 10.5. The number of nitro benzene ring substituents is 1. The second-order valence-electron chi connectivity index (χ2n) is 7.85. The Bertz CT molecular complexity index is 1600. The summed E-state index contributed by atoms with van der Waals surface area (Å²) >= 11 is 0. The molecule has 0 fully saturated rings. The van der Waals surface area contributed by atoms with Crippen LogP contribution in [0.5, 0.6) is 0 Å². The Morgan fingerprint density at radius 2 is 1.19 bits per heavy atom. The smallest absolute Gasteiger partial charge is 0.277 e. The highest BCUT2D eigenvalue weighted by Gasteiger charge is 2.20. The first-order chi connectivity index (χ1) is 15.7. The molecule has 6 rings (SSSR count). The minimum atomic E-state index is -0.299. The molecule has 152 valence electrons. The molecule has 5 aromatic carbocycles. The molecule has 0 atom stereocenters.